The maximum atomic E-state index is 12.4. The lowest BCUT2D eigenvalue weighted by atomic mass is 9.99. The molecule has 2 aliphatic rings. The second-order valence-electron chi connectivity index (χ2n) is 5.38. The van der Waals surface area contributed by atoms with Gasteiger partial charge in [0.05, 0.1) is 25.6 Å². The number of nitrogens with one attached hydrogen (secondary N) is 1. The SMILES string of the molecule is CC(C)C1NN(C)C(=O)C1=C1Sc2c(O)ccc(O)c2S1. The minimum atomic E-state index is -0.0597. The second kappa shape index (κ2) is 5.15. The van der Waals surface area contributed by atoms with E-state index in [1.165, 1.54) is 40.7 Å². The van der Waals surface area contributed by atoms with Gasteiger partial charge >= 0.3 is 0 Å². The molecule has 2 aliphatic heterocycles. The standard InChI is InChI=1S/C14H16N2O3S2/c1-6(2)10-9(13(19)16(3)15-10)14-20-11-7(17)4-5-8(18)12(11)21-14/h4-6,10,15,17-18H,1-3H3. The molecule has 1 aromatic carbocycles. The molecule has 1 fully saturated rings. The monoisotopic (exact) mass is 324 g/mol. The van der Waals surface area contributed by atoms with Crippen LogP contribution in [0.15, 0.2) is 31.7 Å². The Bertz CT molecular complexity index is 625. The van der Waals surface area contributed by atoms with Crippen LogP contribution in [0.5, 0.6) is 11.5 Å². The number of carbonyl (C=O) groups is 1. The predicted octanol–water partition coefficient (Wildman–Crippen LogP) is 2.51. The smallest absolute Gasteiger partial charge is 0.267 e. The molecule has 0 bridgehead atoms. The van der Waals surface area contributed by atoms with Crippen molar-refractivity contribution < 1.29 is 15.0 Å². The fraction of sp³-hybridized carbons (Fsp3) is 0.357. The first kappa shape index (κ1) is 14.6. The maximum Gasteiger partial charge on any atom is 0.267 e. The molecule has 7 heteroatoms. The molecular formula is C14H16N2O3S2. The highest BCUT2D eigenvalue weighted by molar-refractivity contribution is 8.24. The van der Waals surface area contributed by atoms with Gasteiger partial charge in [-0.2, -0.15) is 0 Å². The van der Waals surface area contributed by atoms with E-state index in [0.717, 1.165) is 4.24 Å². The van der Waals surface area contributed by atoms with Gasteiger partial charge in [-0.15, -0.1) is 0 Å². The summed E-state index contributed by atoms with van der Waals surface area (Å²) in [5.74, 6) is 0.455. The number of amides is 1. The minimum absolute atomic E-state index is 0.0592. The average Bonchev–Trinajstić information content (AvgIpc) is 2.98. The summed E-state index contributed by atoms with van der Waals surface area (Å²) in [6.45, 7) is 4.11. The summed E-state index contributed by atoms with van der Waals surface area (Å²) in [4.78, 5) is 13.6. The average molecular weight is 324 g/mol. The number of carbonyl (C=O) groups excluding carboxylic acids is 1. The molecule has 5 nitrogen and oxygen atoms in total. The van der Waals surface area contributed by atoms with Crippen molar-refractivity contribution in [1.82, 2.24) is 10.4 Å². The van der Waals surface area contributed by atoms with Crippen molar-refractivity contribution in [2.45, 2.75) is 29.7 Å². The second-order valence-corrected chi connectivity index (χ2v) is 7.68. The molecule has 3 rings (SSSR count). The van der Waals surface area contributed by atoms with Crippen LogP contribution in [0.25, 0.3) is 0 Å². The number of fused-ring (bicyclic) bond motifs is 1. The van der Waals surface area contributed by atoms with Gasteiger partial charge in [-0.3, -0.25) is 9.80 Å². The Hall–Kier alpha value is -1.31. The number of hydrazine groups is 1. The molecule has 1 aromatic rings. The van der Waals surface area contributed by atoms with Gasteiger partial charge in [0, 0.05) is 7.05 Å². The predicted molar refractivity (Wildman–Crippen MR) is 83.0 cm³/mol. The molecule has 0 aliphatic carbocycles. The molecule has 1 amide bonds. The Kier molecular flexibility index (Phi) is 3.59. The van der Waals surface area contributed by atoms with E-state index >= 15 is 0 Å². The van der Waals surface area contributed by atoms with Gasteiger partial charge in [0.2, 0.25) is 0 Å². The van der Waals surface area contributed by atoms with Crippen LogP contribution in [-0.2, 0) is 4.79 Å². The first-order valence-electron chi connectivity index (χ1n) is 6.59. The summed E-state index contributed by atoms with van der Waals surface area (Å²) in [5.41, 5.74) is 3.87. The lowest BCUT2D eigenvalue weighted by Crippen LogP contribution is -2.36. The number of phenols is 2. The molecule has 0 radical (unpaired) electrons. The minimum Gasteiger partial charge on any atom is -0.507 e. The van der Waals surface area contributed by atoms with Crippen molar-refractivity contribution in [1.29, 1.82) is 0 Å². The van der Waals surface area contributed by atoms with E-state index in [0.29, 0.717) is 15.4 Å². The number of thioether (sulfide) groups is 2. The number of aromatic hydroxyl groups is 2. The van der Waals surface area contributed by atoms with Crippen LogP contribution in [0, 0.1) is 5.92 Å². The summed E-state index contributed by atoms with van der Waals surface area (Å²) in [7, 11) is 1.71. The van der Waals surface area contributed by atoms with E-state index < -0.39 is 0 Å². The number of hydrogen-bond donors (Lipinski definition) is 3. The zero-order chi connectivity index (χ0) is 15.3. The third-order valence-electron chi connectivity index (χ3n) is 3.53. The summed E-state index contributed by atoms with van der Waals surface area (Å²) in [6.07, 6.45) is 0. The number of hydrogen-bond acceptors (Lipinski definition) is 6. The van der Waals surface area contributed by atoms with Crippen molar-refractivity contribution >= 4 is 29.4 Å². The van der Waals surface area contributed by atoms with Crippen molar-refractivity contribution in [3.05, 3.63) is 21.9 Å². The Morgan fingerprint density at radius 2 is 1.71 bits per heavy atom. The molecule has 1 unspecified atom stereocenters. The molecule has 112 valence electrons. The number of rotatable bonds is 1. The highest BCUT2D eigenvalue weighted by atomic mass is 32.2. The Balaban J connectivity index is 2.07. The van der Waals surface area contributed by atoms with Gasteiger partial charge in [-0.05, 0) is 18.1 Å². The van der Waals surface area contributed by atoms with E-state index in [1.54, 1.807) is 7.05 Å². The van der Waals surface area contributed by atoms with Crippen LogP contribution >= 0.6 is 23.5 Å². The maximum absolute atomic E-state index is 12.4. The van der Waals surface area contributed by atoms with E-state index in [1.807, 2.05) is 0 Å². The normalized spacial score (nSPS) is 21.6. The van der Waals surface area contributed by atoms with Gasteiger partial charge in [0.1, 0.15) is 11.5 Å². The molecule has 0 spiro atoms. The zero-order valence-corrected chi connectivity index (χ0v) is 13.5. The Labute approximate surface area is 131 Å². The fourth-order valence-corrected chi connectivity index (χ4v) is 5.07. The van der Waals surface area contributed by atoms with Crippen LogP contribution in [-0.4, -0.2) is 34.2 Å². The van der Waals surface area contributed by atoms with Gasteiger partial charge in [0.25, 0.3) is 5.91 Å². The summed E-state index contributed by atoms with van der Waals surface area (Å²) >= 11 is 2.69. The van der Waals surface area contributed by atoms with Crippen LogP contribution in [0.3, 0.4) is 0 Å². The van der Waals surface area contributed by atoms with Crippen LogP contribution in [0.1, 0.15) is 13.8 Å². The van der Waals surface area contributed by atoms with Gasteiger partial charge < -0.3 is 10.2 Å². The molecule has 3 N–H and O–H groups in total. The lowest BCUT2D eigenvalue weighted by Gasteiger charge is -2.16. The van der Waals surface area contributed by atoms with Crippen LogP contribution in [0.2, 0.25) is 0 Å². The molecule has 0 aromatic heterocycles. The summed E-state index contributed by atoms with van der Waals surface area (Å²) in [5, 5.41) is 21.4. The topological polar surface area (TPSA) is 72.8 Å². The van der Waals surface area contributed by atoms with E-state index in [9.17, 15) is 15.0 Å². The zero-order valence-electron chi connectivity index (χ0n) is 11.9. The molecule has 0 saturated carbocycles. The fourth-order valence-electron chi connectivity index (χ4n) is 2.40. The van der Waals surface area contributed by atoms with Gasteiger partial charge in [-0.1, -0.05) is 37.4 Å². The van der Waals surface area contributed by atoms with Crippen molar-refractivity contribution in [3.63, 3.8) is 0 Å². The Morgan fingerprint density at radius 1 is 1.19 bits per heavy atom. The summed E-state index contributed by atoms with van der Waals surface area (Å²) in [6, 6.07) is 2.88. The number of phenolic OH excluding ortho intramolecular Hbond substituents is 2. The third-order valence-corrected chi connectivity index (χ3v) is 6.20. The van der Waals surface area contributed by atoms with E-state index in [-0.39, 0.29) is 29.4 Å². The molecule has 1 saturated heterocycles. The van der Waals surface area contributed by atoms with Crippen LogP contribution in [0.4, 0.5) is 0 Å². The Morgan fingerprint density at radius 3 is 2.19 bits per heavy atom. The molecule has 1 atom stereocenters. The van der Waals surface area contributed by atoms with Crippen molar-refractivity contribution in [3.8, 4) is 11.5 Å². The first-order chi connectivity index (χ1) is 9.90. The lowest BCUT2D eigenvalue weighted by molar-refractivity contribution is -0.125. The largest absolute Gasteiger partial charge is 0.507 e. The highest BCUT2D eigenvalue weighted by Crippen LogP contribution is 2.59. The number of benzene rings is 1. The summed E-state index contributed by atoms with van der Waals surface area (Å²) < 4.78 is 0.822. The van der Waals surface area contributed by atoms with Gasteiger partial charge in [0.15, 0.2) is 0 Å². The van der Waals surface area contributed by atoms with Crippen molar-refractivity contribution in [2.75, 3.05) is 7.05 Å². The first-order valence-corrected chi connectivity index (χ1v) is 8.22. The molecule has 2 heterocycles. The quantitative estimate of drug-likeness (QED) is 0.544. The highest BCUT2D eigenvalue weighted by Gasteiger charge is 2.39. The van der Waals surface area contributed by atoms with Crippen LogP contribution < -0.4 is 5.43 Å². The third kappa shape index (κ3) is 2.29. The number of likely N-dealkylation sites (N-methyl/N-ethyl adjacent to an activating group) is 1. The van der Waals surface area contributed by atoms with E-state index in [4.69, 9.17) is 0 Å². The van der Waals surface area contributed by atoms with E-state index in [2.05, 4.69) is 19.3 Å². The number of nitrogens with zero attached hydrogens (tertiary/aromatic N) is 1. The molecular weight excluding hydrogens is 308 g/mol. The molecule has 21 heavy (non-hydrogen) atoms. The van der Waals surface area contributed by atoms with Gasteiger partial charge in [-0.25, -0.2) is 5.43 Å². The van der Waals surface area contributed by atoms with Crippen molar-refractivity contribution in [2.24, 2.45) is 5.92 Å².